The van der Waals surface area contributed by atoms with Gasteiger partial charge in [-0.15, -0.1) is 0 Å². The van der Waals surface area contributed by atoms with Gasteiger partial charge >= 0.3 is 11.9 Å². The van der Waals surface area contributed by atoms with E-state index < -0.39 is 21.7 Å². The lowest BCUT2D eigenvalue weighted by Crippen LogP contribution is -2.37. The van der Waals surface area contributed by atoms with Gasteiger partial charge in [-0.2, -0.15) is 8.78 Å². The second-order valence-corrected chi connectivity index (χ2v) is 8.49. The molecule has 0 radical (unpaired) electrons. The summed E-state index contributed by atoms with van der Waals surface area (Å²) >= 11 is 2.05. The Hall–Kier alpha value is 0.0600. The molecule has 0 fully saturated rings. The van der Waals surface area contributed by atoms with Crippen LogP contribution in [0.5, 0.6) is 0 Å². The lowest BCUT2D eigenvalue weighted by molar-refractivity contribution is -0.173. The van der Waals surface area contributed by atoms with Crippen LogP contribution in [0.15, 0.2) is 0 Å². The van der Waals surface area contributed by atoms with E-state index >= 15 is 0 Å². The molecule has 1 unspecified atom stereocenters. The van der Waals surface area contributed by atoms with Crippen LogP contribution in [-0.4, -0.2) is 21.9 Å². The van der Waals surface area contributed by atoms with Crippen LogP contribution in [0, 0.1) is 0 Å². The van der Waals surface area contributed by atoms with Gasteiger partial charge in [0.2, 0.25) is 0 Å². The van der Waals surface area contributed by atoms with Gasteiger partial charge in [0.1, 0.15) is 0 Å². The average Bonchev–Trinajstić information content (AvgIpc) is 2.36. The smallest absolute Gasteiger partial charge is 0.377 e. The SMILES string of the molecule is CCCCCCCCCC(C)(I)CC(F)(F)C(=O)OCC. The summed E-state index contributed by atoms with van der Waals surface area (Å²) in [5, 5.41) is 0. The van der Waals surface area contributed by atoms with E-state index in [1.54, 1.807) is 6.92 Å². The van der Waals surface area contributed by atoms with Crippen LogP contribution in [0.4, 0.5) is 8.78 Å². The Kier molecular flexibility index (Phi) is 10.8. The topological polar surface area (TPSA) is 26.3 Å². The van der Waals surface area contributed by atoms with E-state index in [0.717, 1.165) is 12.8 Å². The summed E-state index contributed by atoms with van der Waals surface area (Å²) in [6, 6.07) is 0. The van der Waals surface area contributed by atoms with Crippen molar-refractivity contribution in [3.8, 4) is 0 Å². The van der Waals surface area contributed by atoms with Crippen LogP contribution in [0.3, 0.4) is 0 Å². The fourth-order valence-corrected chi connectivity index (χ4v) is 3.17. The highest BCUT2D eigenvalue weighted by atomic mass is 127. The van der Waals surface area contributed by atoms with E-state index in [1.165, 1.54) is 39.0 Å². The van der Waals surface area contributed by atoms with Crippen LogP contribution in [0.2, 0.25) is 0 Å². The average molecular weight is 418 g/mol. The van der Waals surface area contributed by atoms with Gasteiger partial charge in [0.05, 0.1) is 6.61 Å². The Morgan fingerprint density at radius 3 is 2.10 bits per heavy atom. The number of carbonyl (C=O) groups excluding carboxylic acids is 1. The van der Waals surface area contributed by atoms with Crippen molar-refractivity contribution >= 4 is 28.6 Å². The molecule has 0 aromatic carbocycles. The molecule has 2 nitrogen and oxygen atoms in total. The molecule has 0 saturated carbocycles. The van der Waals surface area contributed by atoms with E-state index in [9.17, 15) is 13.6 Å². The molecule has 1 atom stereocenters. The summed E-state index contributed by atoms with van der Waals surface area (Å²) < 4.78 is 31.3. The van der Waals surface area contributed by atoms with Crippen LogP contribution in [-0.2, 0) is 9.53 Å². The third-order valence-electron chi connectivity index (χ3n) is 3.47. The van der Waals surface area contributed by atoms with E-state index in [2.05, 4.69) is 11.7 Å². The van der Waals surface area contributed by atoms with Gasteiger partial charge in [0, 0.05) is 9.84 Å². The van der Waals surface area contributed by atoms with Crippen molar-refractivity contribution in [1.82, 2.24) is 0 Å². The third-order valence-corrected chi connectivity index (χ3v) is 4.39. The molecule has 126 valence electrons. The standard InChI is InChI=1S/C16H29F2IO2/c1-4-6-7-8-9-10-11-12-15(3,19)13-16(17,18)14(20)21-5-2/h4-13H2,1-3H3. The minimum atomic E-state index is -3.38. The van der Waals surface area contributed by atoms with Gasteiger partial charge in [-0.25, -0.2) is 4.79 Å². The molecular weight excluding hydrogens is 389 g/mol. The molecule has 0 saturated heterocycles. The van der Waals surface area contributed by atoms with E-state index in [0.29, 0.717) is 6.42 Å². The molecule has 0 N–H and O–H groups in total. The number of ether oxygens (including phenoxy) is 1. The molecule has 0 rings (SSSR count). The molecular formula is C16H29F2IO2. The zero-order valence-electron chi connectivity index (χ0n) is 13.5. The molecule has 0 bridgehead atoms. The van der Waals surface area contributed by atoms with Gasteiger partial charge in [-0.3, -0.25) is 0 Å². The zero-order valence-corrected chi connectivity index (χ0v) is 15.7. The predicted octanol–water partition coefficient (Wildman–Crippen LogP) is 5.91. The molecule has 21 heavy (non-hydrogen) atoms. The number of halogens is 3. The minimum absolute atomic E-state index is 0.00978. The Balaban J connectivity index is 3.99. The summed E-state index contributed by atoms with van der Waals surface area (Å²) in [7, 11) is 0. The third kappa shape index (κ3) is 10.4. The second kappa shape index (κ2) is 10.7. The molecule has 0 amide bonds. The maximum Gasteiger partial charge on any atom is 0.377 e. The number of carbonyl (C=O) groups is 1. The summed E-state index contributed by atoms with van der Waals surface area (Å²) in [6.07, 6.45) is 8.43. The molecule has 0 spiro atoms. The zero-order chi connectivity index (χ0) is 16.4. The van der Waals surface area contributed by atoms with Crippen molar-refractivity contribution in [2.24, 2.45) is 0 Å². The lowest BCUT2D eigenvalue weighted by atomic mass is 9.95. The summed E-state index contributed by atoms with van der Waals surface area (Å²) in [6.45, 7) is 5.50. The molecule has 0 aromatic rings. The van der Waals surface area contributed by atoms with Crippen molar-refractivity contribution in [3.05, 3.63) is 0 Å². The van der Waals surface area contributed by atoms with E-state index in [1.807, 2.05) is 22.6 Å². The number of rotatable bonds is 12. The highest BCUT2D eigenvalue weighted by Crippen LogP contribution is 2.37. The summed E-state index contributed by atoms with van der Waals surface area (Å²) in [4.78, 5) is 11.2. The first-order valence-corrected chi connectivity index (χ1v) is 9.07. The Morgan fingerprint density at radius 1 is 1.05 bits per heavy atom. The maximum absolute atomic E-state index is 13.7. The predicted molar refractivity (Wildman–Crippen MR) is 91.2 cm³/mol. The van der Waals surface area contributed by atoms with E-state index in [-0.39, 0.29) is 6.61 Å². The van der Waals surface area contributed by atoms with Crippen molar-refractivity contribution < 1.29 is 18.3 Å². The highest BCUT2D eigenvalue weighted by molar-refractivity contribution is 14.1. The molecule has 0 aliphatic rings. The maximum atomic E-state index is 13.7. The highest BCUT2D eigenvalue weighted by Gasteiger charge is 2.45. The van der Waals surface area contributed by atoms with Gasteiger partial charge in [0.15, 0.2) is 0 Å². The fraction of sp³-hybridized carbons (Fsp3) is 0.938. The fourth-order valence-electron chi connectivity index (χ4n) is 2.31. The van der Waals surface area contributed by atoms with Crippen molar-refractivity contribution in [2.45, 2.75) is 87.9 Å². The number of unbranched alkanes of at least 4 members (excludes halogenated alkanes) is 6. The molecule has 0 heterocycles. The Bertz CT molecular complexity index is 294. The van der Waals surface area contributed by atoms with Gasteiger partial charge in [0.25, 0.3) is 0 Å². The van der Waals surface area contributed by atoms with Crippen LogP contribution >= 0.6 is 22.6 Å². The summed E-state index contributed by atoms with van der Waals surface area (Å²) in [5.74, 6) is -4.78. The number of esters is 1. The van der Waals surface area contributed by atoms with Crippen LogP contribution in [0.25, 0.3) is 0 Å². The monoisotopic (exact) mass is 418 g/mol. The Labute approximate surface area is 141 Å². The molecule has 0 aliphatic heterocycles. The van der Waals surface area contributed by atoms with Crippen molar-refractivity contribution in [2.75, 3.05) is 6.61 Å². The number of alkyl halides is 3. The lowest BCUT2D eigenvalue weighted by Gasteiger charge is -2.26. The first-order chi connectivity index (χ1) is 9.75. The quantitative estimate of drug-likeness (QED) is 0.171. The van der Waals surface area contributed by atoms with Gasteiger partial charge in [-0.05, 0) is 13.3 Å². The van der Waals surface area contributed by atoms with Crippen molar-refractivity contribution in [1.29, 1.82) is 0 Å². The minimum Gasteiger partial charge on any atom is -0.462 e. The van der Waals surface area contributed by atoms with Crippen LogP contribution < -0.4 is 0 Å². The number of hydrogen-bond donors (Lipinski definition) is 0. The Morgan fingerprint density at radius 2 is 1.57 bits per heavy atom. The van der Waals surface area contributed by atoms with Gasteiger partial charge < -0.3 is 4.74 Å². The first-order valence-electron chi connectivity index (χ1n) is 7.99. The molecule has 5 heteroatoms. The normalized spacial score (nSPS) is 14.8. The van der Waals surface area contributed by atoms with E-state index in [4.69, 9.17) is 0 Å². The molecule has 0 aromatic heterocycles. The van der Waals surface area contributed by atoms with Crippen LogP contribution in [0.1, 0.15) is 78.6 Å². The molecule has 0 aliphatic carbocycles. The summed E-state index contributed by atoms with van der Waals surface area (Å²) in [5.41, 5.74) is 0. The second-order valence-electron chi connectivity index (χ2n) is 5.89. The van der Waals surface area contributed by atoms with Crippen molar-refractivity contribution in [3.63, 3.8) is 0 Å². The number of hydrogen-bond acceptors (Lipinski definition) is 2. The first kappa shape index (κ1) is 21.1. The largest absolute Gasteiger partial charge is 0.462 e. The van der Waals surface area contributed by atoms with Gasteiger partial charge in [-0.1, -0.05) is 81.4 Å².